The van der Waals surface area contributed by atoms with Gasteiger partial charge in [-0.3, -0.25) is 9.20 Å². The molecule has 0 fully saturated rings. The minimum absolute atomic E-state index is 0.203. The highest BCUT2D eigenvalue weighted by atomic mass is 32.1. The van der Waals surface area contributed by atoms with E-state index in [0.717, 1.165) is 47.8 Å². The van der Waals surface area contributed by atoms with Crippen LogP contribution in [0.5, 0.6) is 0 Å². The molecule has 0 unspecified atom stereocenters. The van der Waals surface area contributed by atoms with Crippen molar-refractivity contribution in [1.29, 1.82) is 0 Å². The van der Waals surface area contributed by atoms with Crippen molar-refractivity contribution < 1.29 is 4.79 Å². The number of aryl methyl sites for hydroxylation is 1. The molecule has 0 atom stereocenters. The van der Waals surface area contributed by atoms with E-state index in [0.29, 0.717) is 6.42 Å². The molecule has 0 radical (unpaired) electrons. The molecule has 0 N–H and O–H groups in total. The highest BCUT2D eigenvalue weighted by Crippen LogP contribution is 2.24. The summed E-state index contributed by atoms with van der Waals surface area (Å²) in [5, 5.41) is 2.05. The van der Waals surface area contributed by atoms with Crippen molar-refractivity contribution in [1.82, 2.24) is 14.3 Å². The summed E-state index contributed by atoms with van der Waals surface area (Å²) in [5.74, 6) is 0.203. The van der Waals surface area contributed by atoms with E-state index in [1.54, 1.807) is 11.3 Å². The van der Waals surface area contributed by atoms with Gasteiger partial charge in [0.05, 0.1) is 12.1 Å². The van der Waals surface area contributed by atoms with Crippen LogP contribution in [0.15, 0.2) is 35.8 Å². The SMILES string of the molecule is CCCN(CCC)C(=O)Cc1csc2nc(-c3ccc(C)cc3)cn12. The van der Waals surface area contributed by atoms with Gasteiger partial charge >= 0.3 is 0 Å². The number of aromatic nitrogens is 2. The second-order valence-electron chi connectivity index (χ2n) is 6.43. The van der Waals surface area contributed by atoms with Gasteiger partial charge in [0.25, 0.3) is 0 Å². The van der Waals surface area contributed by atoms with Crippen molar-refractivity contribution in [3.05, 3.63) is 47.1 Å². The molecule has 4 nitrogen and oxygen atoms in total. The van der Waals surface area contributed by atoms with Gasteiger partial charge in [-0.25, -0.2) is 4.98 Å². The van der Waals surface area contributed by atoms with Crippen LogP contribution in [0.25, 0.3) is 16.2 Å². The fourth-order valence-electron chi connectivity index (χ4n) is 2.99. The van der Waals surface area contributed by atoms with Crippen LogP contribution in [0.3, 0.4) is 0 Å². The smallest absolute Gasteiger partial charge is 0.228 e. The normalized spacial score (nSPS) is 11.2. The Bertz CT molecular complexity index is 842. The molecule has 3 rings (SSSR count). The maximum Gasteiger partial charge on any atom is 0.228 e. The second-order valence-corrected chi connectivity index (χ2v) is 7.27. The third kappa shape index (κ3) is 3.93. The number of hydrogen-bond acceptors (Lipinski definition) is 3. The van der Waals surface area contributed by atoms with Crippen molar-refractivity contribution in [2.45, 2.75) is 40.0 Å². The standard InChI is InChI=1S/C20H25N3OS/c1-4-10-22(11-5-2)19(24)12-17-14-25-20-21-18(13-23(17)20)16-8-6-15(3)7-9-16/h6-9,13-14H,4-5,10-12H2,1-3H3. The number of nitrogens with zero attached hydrogens (tertiary/aromatic N) is 3. The average molecular weight is 356 g/mol. The topological polar surface area (TPSA) is 37.6 Å². The summed E-state index contributed by atoms with van der Waals surface area (Å²) in [5.41, 5.74) is 4.33. The molecule has 0 aliphatic rings. The number of benzene rings is 1. The highest BCUT2D eigenvalue weighted by Gasteiger charge is 2.16. The first-order chi connectivity index (χ1) is 12.1. The van der Waals surface area contributed by atoms with E-state index < -0.39 is 0 Å². The quantitative estimate of drug-likeness (QED) is 0.623. The van der Waals surface area contributed by atoms with Crippen LogP contribution in [0.1, 0.15) is 37.9 Å². The average Bonchev–Trinajstić information content (AvgIpc) is 3.17. The highest BCUT2D eigenvalue weighted by molar-refractivity contribution is 7.15. The molecule has 2 heterocycles. The Balaban J connectivity index is 1.83. The Hall–Kier alpha value is -2.14. The molecule has 5 heteroatoms. The monoisotopic (exact) mass is 355 g/mol. The van der Waals surface area contributed by atoms with E-state index in [9.17, 15) is 4.79 Å². The van der Waals surface area contributed by atoms with Gasteiger partial charge in [0, 0.05) is 35.9 Å². The van der Waals surface area contributed by atoms with Crippen molar-refractivity contribution in [2.75, 3.05) is 13.1 Å². The summed E-state index contributed by atoms with van der Waals surface area (Å²) in [7, 11) is 0. The zero-order valence-corrected chi connectivity index (χ0v) is 16.0. The minimum atomic E-state index is 0.203. The molecule has 0 saturated carbocycles. The van der Waals surface area contributed by atoms with E-state index in [1.165, 1.54) is 5.56 Å². The summed E-state index contributed by atoms with van der Waals surface area (Å²) in [6.45, 7) is 7.97. The minimum Gasteiger partial charge on any atom is -0.342 e. The van der Waals surface area contributed by atoms with E-state index in [1.807, 2.05) is 11.1 Å². The largest absolute Gasteiger partial charge is 0.342 e. The van der Waals surface area contributed by atoms with Crippen LogP contribution < -0.4 is 0 Å². The molecule has 132 valence electrons. The molecule has 25 heavy (non-hydrogen) atoms. The lowest BCUT2D eigenvalue weighted by Crippen LogP contribution is -2.33. The van der Waals surface area contributed by atoms with Gasteiger partial charge in [-0.1, -0.05) is 43.7 Å². The predicted molar refractivity (Wildman–Crippen MR) is 104 cm³/mol. The van der Waals surface area contributed by atoms with Crippen molar-refractivity contribution >= 4 is 22.2 Å². The Morgan fingerprint density at radius 2 is 1.84 bits per heavy atom. The summed E-state index contributed by atoms with van der Waals surface area (Å²) >= 11 is 1.59. The lowest BCUT2D eigenvalue weighted by Gasteiger charge is -2.21. The van der Waals surface area contributed by atoms with Crippen LogP contribution in [-0.2, 0) is 11.2 Å². The number of carbonyl (C=O) groups is 1. The van der Waals surface area contributed by atoms with Gasteiger partial charge in [0.15, 0.2) is 4.96 Å². The molecule has 0 aliphatic heterocycles. The fraction of sp³-hybridized carbons (Fsp3) is 0.400. The number of hydrogen-bond donors (Lipinski definition) is 0. The molecular weight excluding hydrogens is 330 g/mol. The number of fused-ring (bicyclic) bond motifs is 1. The molecule has 0 saturated heterocycles. The van der Waals surface area contributed by atoms with Gasteiger partial charge < -0.3 is 4.90 Å². The van der Waals surface area contributed by atoms with E-state index >= 15 is 0 Å². The molecule has 1 amide bonds. The zero-order valence-electron chi connectivity index (χ0n) is 15.2. The van der Waals surface area contributed by atoms with Crippen LogP contribution in [0.4, 0.5) is 0 Å². The Kier molecular flexibility index (Phi) is 5.53. The van der Waals surface area contributed by atoms with Gasteiger partial charge in [0.1, 0.15) is 0 Å². The number of carbonyl (C=O) groups excluding carboxylic acids is 1. The van der Waals surface area contributed by atoms with Crippen molar-refractivity contribution in [3.8, 4) is 11.3 Å². The number of rotatable bonds is 7. The predicted octanol–water partition coefficient (Wildman–Crippen LogP) is 4.56. The lowest BCUT2D eigenvalue weighted by atomic mass is 10.1. The van der Waals surface area contributed by atoms with Gasteiger partial charge in [-0.15, -0.1) is 11.3 Å². The Morgan fingerprint density at radius 3 is 2.48 bits per heavy atom. The first-order valence-corrected chi connectivity index (χ1v) is 9.80. The Labute approximate surface area is 153 Å². The van der Waals surface area contributed by atoms with Gasteiger partial charge in [-0.2, -0.15) is 0 Å². The summed E-state index contributed by atoms with van der Waals surface area (Å²) in [6.07, 6.45) is 4.47. The van der Waals surface area contributed by atoms with Crippen LogP contribution in [0.2, 0.25) is 0 Å². The van der Waals surface area contributed by atoms with Crippen LogP contribution in [0, 0.1) is 6.92 Å². The molecule has 0 aliphatic carbocycles. The molecular formula is C20H25N3OS. The van der Waals surface area contributed by atoms with Gasteiger partial charge in [0.2, 0.25) is 5.91 Å². The number of imidazole rings is 1. The van der Waals surface area contributed by atoms with Crippen molar-refractivity contribution in [2.24, 2.45) is 0 Å². The fourth-order valence-corrected chi connectivity index (χ4v) is 3.86. The maximum atomic E-state index is 12.6. The van der Waals surface area contributed by atoms with E-state index in [-0.39, 0.29) is 5.91 Å². The zero-order chi connectivity index (χ0) is 17.8. The van der Waals surface area contributed by atoms with E-state index in [4.69, 9.17) is 4.98 Å². The Morgan fingerprint density at radius 1 is 1.16 bits per heavy atom. The lowest BCUT2D eigenvalue weighted by molar-refractivity contribution is -0.130. The third-order valence-corrected chi connectivity index (χ3v) is 5.19. The third-order valence-electron chi connectivity index (χ3n) is 4.30. The summed E-state index contributed by atoms with van der Waals surface area (Å²) in [4.78, 5) is 20.3. The molecule has 0 bridgehead atoms. The second kappa shape index (κ2) is 7.83. The molecule has 0 spiro atoms. The van der Waals surface area contributed by atoms with Crippen LogP contribution in [-0.4, -0.2) is 33.3 Å². The van der Waals surface area contributed by atoms with Crippen LogP contribution >= 0.6 is 11.3 Å². The molecule has 3 aromatic rings. The van der Waals surface area contributed by atoms with Crippen molar-refractivity contribution in [3.63, 3.8) is 0 Å². The molecule has 2 aromatic heterocycles. The first-order valence-electron chi connectivity index (χ1n) is 8.92. The summed E-state index contributed by atoms with van der Waals surface area (Å²) in [6, 6.07) is 8.38. The molecule has 1 aromatic carbocycles. The number of thiazole rings is 1. The maximum absolute atomic E-state index is 12.6. The summed E-state index contributed by atoms with van der Waals surface area (Å²) < 4.78 is 2.06. The van der Waals surface area contributed by atoms with E-state index in [2.05, 4.69) is 54.8 Å². The first kappa shape index (κ1) is 17.7. The number of amides is 1. The van der Waals surface area contributed by atoms with Gasteiger partial charge in [-0.05, 0) is 19.8 Å².